The van der Waals surface area contributed by atoms with E-state index in [4.69, 9.17) is 19.9 Å². The van der Waals surface area contributed by atoms with E-state index in [0.717, 1.165) is 43.2 Å². The Kier molecular flexibility index (Phi) is 7.05. The van der Waals surface area contributed by atoms with Crippen LogP contribution in [-0.2, 0) is 0 Å². The van der Waals surface area contributed by atoms with Crippen molar-refractivity contribution in [1.82, 2.24) is 24.5 Å². The normalized spacial score (nSPS) is 11.8. The first-order chi connectivity index (χ1) is 26.7. The van der Waals surface area contributed by atoms with Crippen molar-refractivity contribution in [3.05, 3.63) is 163 Å². The molecule has 0 atom stereocenters. The van der Waals surface area contributed by atoms with Crippen LogP contribution in [-0.4, -0.2) is 24.5 Å². The van der Waals surface area contributed by atoms with Crippen LogP contribution in [0.5, 0.6) is 0 Å². The first-order valence-corrected chi connectivity index (χ1v) is 19.5. The summed E-state index contributed by atoms with van der Waals surface area (Å²) in [5.41, 5.74) is 9.66. The molecular weight excluding hydrogens is 699 g/mol. The molecule has 4 aromatic heterocycles. The summed E-state index contributed by atoms with van der Waals surface area (Å²) in [7, 11) is 0. The zero-order valence-electron chi connectivity index (χ0n) is 29.1. The number of nitrogens with zero attached hydrogens (tertiary/aromatic N) is 5. The van der Waals surface area contributed by atoms with E-state index in [-0.39, 0.29) is 0 Å². The van der Waals surface area contributed by atoms with Crippen LogP contribution in [0.2, 0.25) is 0 Å². The average molecular weight is 728 g/mol. The summed E-state index contributed by atoms with van der Waals surface area (Å²) in [6, 6.07) is 55.2. The zero-order chi connectivity index (χ0) is 35.8. The minimum Gasteiger partial charge on any atom is -0.309 e. The molecule has 0 amide bonds. The highest BCUT2D eigenvalue weighted by Crippen LogP contribution is 2.44. The van der Waals surface area contributed by atoms with E-state index in [0.29, 0.717) is 17.5 Å². The van der Waals surface area contributed by atoms with Gasteiger partial charge in [0, 0.05) is 58.9 Å². The standard InChI is InChI=1S/C47H29N5S2/c1-28-42-34-19-8-10-21-37(34)52(38(42)27-41-43(28)35-20-9-11-22-39(35)53-41)33-18-12-17-32(25-33)47-48-36-26-31(23-24-40(36)54-47)46-50-44(29-13-4-2-5-14-29)49-45(51-46)30-15-6-3-7-16-30/h2-27H,1H3. The maximum absolute atomic E-state index is 5.20. The second kappa shape index (κ2) is 12.3. The zero-order valence-corrected chi connectivity index (χ0v) is 30.7. The van der Waals surface area contributed by atoms with Gasteiger partial charge in [-0.25, -0.2) is 19.9 Å². The molecule has 0 unspecified atom stereocenters. The van der Waals surface area contributed by atoms with Gasteiger partial charge in [0.05, 0.1) is 21.3 Å². The van der Waals surface area contributed by atoms with Crippen molar-refractivity contribution < 1.29 is 0 Å². The second-order valence-corrected chi connectivity index (χ2v) is 15.6. The van der Waals surface area contributed by atoms with Gasteiger partial charge < -0.3 is 4.57 Å². The molecular formula is C47H29N5S2. The van der Waals surface area contributed by atoms with Crippen LogP contribution in [0.15, 0.2) is 158 Å². The Morgan fingerprint density at radius 3 is 1.83 bits per heavy atom. The van der Waals surface area contributed by atoms with Gasteiger partial charge in [0.25, 0.3) is 0 Å². The van der Waals surface area contributed by atoms with E-state index in [1.807, 2.05) is 72.0 Å². The van der Waals surface area contributed by atoms with Gasteiger partial charge in [-0.15, -0.1) is 22.7 Å². The molecule has 7 aromatic carbocycles. The second-order valence-electron chi connectivity index (χ2n) is 13.5. The number of aromatic nitrogens is 5. The minimum absolute atomic E-state index is 0.621. The molecule has 0 saturated carbocycles. The molecule has 11 aromatic rings. The summed E-state index contributed by atoms with van der Waals surface area (Å²) in [5.74, 6) is 1.91. The van der Waals surface area contributed by atoms with Crippen LogP contribution in [0.3, 0.4) is 0 Å². The summed E-state index contributed by atoms with van der Waals surface area (Å²) in [4.78, 5) is 20.0. The Morgan fingerprint density at radius 1 is 0.426 bits per heavy atom. The topological polar surface area (TPSA) is 56.5 Å². The van der Waals surface area contributed by atoms with E-state index >= 15 is 0 Å². The Morgan fingerprint density at radius 2 is 1.07 bits per heavy atom. The predicted molar refractivity (Wildman–Crippen MR) is 227 cm³/mol. The van der Waals surface area contributed by atoms with Gasteiger partial charge in [0.1, 0.15) is 5.01 Å². The van der Waals surface area contributed by atoms with Crippen molar-refractivity contribution in [2.75, 3.05) is 0 Å². The number of thiazole rings is 1. The Hall–Kier alpha value is -6.54. The van der Waals surface area contributed by atoms with Crippen molar-refractivity contribution >= 4 is 74.9 Å². The summed E-state index contributed by atoms with van der Waals surface area (Å²) < 4.78 is 6.17. The summed E-state index contributed by atoms with van der Waals surface area (Å²) in [6.07, 6.45) is 0. The molecule has 0 fully saturated rings. The van der Waals surface area contributed by atoms with Gasteiger partial charge in [-0.2, -0.15) is 0 Å². The number of hydrogen-bond donors (Lipinski definition) is 0. The highest BCUT2D eigenvalue weighted by Gasteiger charge is 2.20. The molecule has 0 bridgehead atoms. The largest absolute Gasteiger partial charge is 0.309 e. The van der Waals surface area contributed by atoms with E-state index in [1.165, 1.54) is 47.5 Å². The first kappa shape index (κ1) is 31.0. The molecule has 0 aliphatic carbocycles. The fourth-order valence-corrected chi connectivity index (χ4v) is 9.92. The van der Waals surface area contributed by atoms with Gasteiger partial charge in [-0.1, -0.05) is 109 Å². The molecule has 0 saturated heterocycles. The van der Waals surface area contributed by atoms with Crippen LogP contribution < -0.4 is 0 Å². The van der Waals surface area contributed by atoms with Crippen LogP contribution in [0.1, 0.15) is 5.56 Å². The lowest BCUT2D eigenvalue weighted by Crippen LogP contribution is -2.00. The Labute approximate surface area is 318 Å². The molecule has 4 heterocycles. The maximum Gasteiger partial charge on any atom is 0.164 e. The van der Waals surface area contributed by atoms with E-state index in [9.17, 15) is 0 Å². The van der Waals surface area contributed by atoms with Gasteiger partial charge in [-0.05, 0) is 61.0 Å². The third-order valence-electron chi connectivity index (χ3n) is 10.2. The van der Waals surface area contributed by atoms with Crippen molar-refractivity contribution in [3.8, 4) is 50.4 Å². The molecule has 7 heteroatoms. The molecule has 5 nitrogen and oxygen atoms in total. The van der Waals surface area contributed by atoms with Crippen LogP contribution >= 0.6 is 22.7 Å². The predicted octanol–water partition coefficient (Wildman–Crippen LogP) is 12.9. The molecule has 0 N–H and O–H groups in total. The minimum atomic E-state index is 0.621. The van der Waals surface area contributed by atoms with E-state index < -0.39 is 0 Å². The smallest absolute Gasteiger partial charge is 0.164 e. The van der Waals surface area contributed by atoms with Crippen molar-refractivity contribution in [2.45, 2.75) is 6.92 Å². The lowest BCUT2D eigenvalue weighted by atomic mass is 10.0. The van der Waals surface area contributed by atoms with Crippen molar-refractivity contribution in [1.29, 1.82) is 0 Å². The molecule has 11 rings (SSSR count). The molecule has 0 radical (unpaired) electrons. The maximum atomic E-state index is 5.20. The molecule has 0 aliphatic heterocycles. The van der Waals surface area contributed by atoms with Gasteiger partial charge in [0.15, 0.2) is 17.5 Å². The van der Waals surface area contributed by atoms with Gasteiger partial charge in [-0.3, -0.25) is 0 Å². The van der Waals surface area contributed by atoms with Gasteiger partial charge >= 0.3 is 0 Å². The van der Waals surface area contributed by atoms with Crippen molar-refractivity contribution in [2.24, 2.45) is 0 Å². The quantitative estimate of drug-likeness (QED) is 0.177. The van der Waals surface area contributed by atoms with Gasteiger partial charge in [0.2, 0.25) is 0 Å². The number of aryl methyl sites for hydroxylation is 1. The number of para-hydroxylation sites is 1. The number of rotatable bonds is 5. The SMILES string of the molecule is Cc1c2c(cc3c1c1ccccc1n3-c1cccc(-c3nc4cc(-c5nc(-c6ccccc6)nc(-c6ccccc6)n5)ccc4s3)c1)sc1ccccc12. The number of thiophene rings is 1. The summed E-state index contributed by atoms with van der Waals surface area (Å²) in [6.45, 7) is 2.29. The molecule has 254 valence electrons. The highest BCUT2D eigenvalue weighted by molar-refractivity contribution is 7.26. The third kappa shape index (κ3) is 4.97. The lowest BCUT2D eigenvalue weighted by Gasteiger charge is -2.10. The summed E-state index contributed by atoms with van der Waals surface area (Å²) in [5, 5.41) is 6.24. The molecule has 0 spiro atoms. The number of hydrogen-bond acceptors (Lipinski definition) is 6. The number of fused-ring (bicyclic) bond motifs is 7. The van der Waals surface area contributed by atoms with Crippen LogP contribution in [0.25, 0.3) is 103 Å². The Balaban J connectivity index is 1.03. The lowest BCUT2D eigenvalue weighted by molar-refractivity contribution is 1.07. The average Bonchev–Trinajstić information content (AvgIpc) is 3.93. The first-order valence-electron chi connectivity index (χ1n) is 17.9. The highest BCUT2D eigenvalue weighted by atomic mass is 32.1. The van der Waals surface area contributed by atoms with Crippen LogP contribution in [0.4, 0.5) is 0 Å². The fraction of sp³-hybridized carbons (Fsp3) is 0.0213. The third-order valence-corrected chi connectivity index (χ3v) is 12.5. The van der Waals surface area contributed by atoms with E-state index in [1.54, 1.807) is 11.3 Å². The van der Waals surface area contributed by atoms with E-state index in [2.05, 4.69) is 109 Å². The van der Waals surface area contributed by atoms with Crippen LogP contribution in [0, 0.1) is 6.92 Å². The molecule has 0 aliphatic rings. The fourth-order valence-electron chi connectivity index (χ4n) is 7.78. The van der Waals surface area contributed by atoms with Crippen molar-refractivity contribution in [3.63, 3.8) is 0 Å². The molecule has 54 heavy (non-hydrogen) atoms. The summed E-state index contributed by atoms with van der Waals surface area (Å²) >= 11 is 3.57. The monoisotopic (exact) mass is 727 g/mol. The number of benzene rings is 7. The Bertz CT molecular complexity index is 3170.